The van der Waals surface area contributed by atoms with Gasteiger partial charge >= 0.3 is 0 Å². The summed E-state index contributed by atoms with van der Waals surface area (Å²) in [5, 5.41) is 21.8. The number of carbonyl (C=O) groups is 1. The summed E-state index contributed by atoms with van der Waals surface area (Å²) in [4.78, 5) is 22.8. The van der Waals surface area contributed by atoms with Gasteiger partial charge in [-0.25, -0.2) is 0 Å². The second-order valence-electron chi connectivity index (χ2n) is 5.50. The van der Waals surface area contributed by atoms with Gasteiger partial charge in [0.2, 0.25) is 5.88 Å². The van der Waals surface area contributed by atoms with Crippen molar-refractivity contribution >= 4 is 17.3 Å². The van der Waals surface area contributed by atoms with Gasteiger partial charge in [-0.3, -0.25) is 14.9 Å². The molecule has 3 rings (SSSR count). The van der Waals surface area contributed by atoms with Crippen LogP contribution < -0.4 is 10.1 Å². The highest BCUT2D eigenvalue weighted by Crippen LogP contribution is 2.22. The molecule has 1 heterocycles. The number of carbonyl (C=O) groups excluding carboxylic acids is 1. The Hall–Kier alpha value is -3.81. The predicted molar refractivity (Wildman–Crippen MR) is 99.7 cm³/mol. The molecule has 0 unspecified atom stereocenters. The Morgan fingerprint density at radius 3 is 2.44 bits per heavy atom. The highest BCUT2D eigenvalue weighted by Gasteiger charge is 2.19. The van der Waals surface area contributed by atoms with Gasteiger partial charge in [-0.2, -0.15) is 0 Å². The standard InChI is InChI=1S/C19H16N4O4/c1-2-27-18-12-11-16(21-22-18)13-7-9-14(10-8-13)20-19(24)15-5-3-4-6-17(15)23(25)26/h3-12H,2H2,1H3,(H,20,24). The van der Waals surface area contributed by atoms with Crippen molar-refractivity contribution in [2.24, 2.45) is 0 Å². The summed E-state index contributed by atoms with van der Waals surface area (Å²) in [7, 11) is 0. The van der Waals surface area contributed by atoms with Crippen molar-refractivity contribution in [1.82, 2.24) is 10.2 Å². The van der Waals surface area contributed by atoms with Gasteiger partial charge in [0.15, 0.2) is 0 Å². The van der Waals surface area contributed by atoms with E-state index < -0.39 is 10.8 Å². The maximum atomic E-state index is 12.3. The number of hydrogen-bond donors (Lipinski definition) is 1. The molecule has 1 amide bonds. The zero-order valence-corrected chi connectivity index (χ0v) is 14.5. The number of ether oxygens (including phenoxy) is 1. The number of para-hydroxylation sites is 1. The molecule has 0 spiro atoms. The van der Waals surface area contributed by atoms with Gasteiger partial charge in [0.1, 0.15) is 5.56 Å². The molecule has 0 radical (unpaired) electrons. The number of hydrogen-bond acceptors (Lipinski definition) is 6. The molecular weight excluding hydrogens is 348 g/mol. The molecule has 8 heteroatoms. The van der Waals surface area contributed by atoms with Crippen molar-refractivity contribution in [3.63, 3.8) is 0 Å². The molecule has 0 aliphatic heterocycles. The SMILES string of the molecule is CCOc1ccc(-c2ccc(NC(=O)c3ccccc3[N+](=O)[O-])cc2)nn1. The molecule has 136 valence electrons. The van der Waals surface area contributed by atoms with E-state index in [0.717, 1.165) is 5.56 Å². The average molecular weight is 364 g/mol. The van der Waals surface area contributed by atoms with Gasteiger partial charge < -0.3 is 10.1 Å². The third-order valence-electron chi connectivity index (χ3n) is 3.72. The van der Waals surface area contributed by atoms with Gasteiger partial charge in [-0.1, -0.05) is 24.3 Å². The van der Waals surface area contributed by atoms with Crippen LogP contribution in [0.1, 0.15) is 17.3 Å². The smallest absolute Gasteiger partial charge is 0.282 e. The van der Waals surface area contributed by atoms with Crippen LogP contribution in [0.5, 0.6) is 5.88 Å². The molecule has 8 nitrogen and oxygen atoms in total. The van der Waals surface area contributed by atoms with E-state index in [4.69, 9.17) is 4.74 Å². The normalized spacial score (nSPS) is 10.3. The number of benzene rings is 2. The molecule has 1 N–H and O–H groups in total. The molecule has 2 aromatic carbocycles. The first-order chi connectivity index (χ1) is 13.1. The van der Waals surface area contributed by atoms with E-state index in [2.05, 4.69) is 15.5 Å². The molecule has 0 fully saturated rings. The van der Waals surface area contributed by atoms with Gasteiger partial charge in [-0.15, -0.1) is 10.2 Å². The van der Waals surface area contributed by atoms with Crippen LogP contribution in [0, 0.1) is 10.1 Å². The van der Waals surface area contributed by atoms with Crippen molar-refractivity contribution < 1.29 is 14.5 Å². The Labute approximate surface area is 155 Å². The van der Waals surface area contributed by atoms with E-state index in [1.807, 2.05) is 6.92 Å². The minimum Gasteiger partial charge on any atom is -0.477 e. The Morgan fingerprint density at radius 2 is 1.81 bits per heavy atom. The van der Waals surface area contributed by atoms with Crippen molar-refractivity contribution in [2.45, 2.75) is 6.92 Å². The van der Waals surface area contributed by atoms with Crippen molar-refractivity contribution in [1.29, 1.82) is 0 Å². The summed E-state index contributed by atoms with van der Waals surface area (Å²) >= 11 is 0. The number of rotatable bonds is 6. The number of nitro benzene ring substituents is 1. The number of nitrogens with zero attached hydrogens (tertiary/aromatic N) is 3. The van der Waals surface area contributed by atoms with Gasteiger partial charge in [-0.05, 0) is 31.2 Å². The summed E-state index contributed by atoms with van der Waals surface area (Å²) in [5.74, 6) is -0.0921. The van der Waals surface area contributed by atoms with E-state index in [1.165, 1.54) is 18.2 Å². The van der Waals surface area contributed by atoms with Crippen molar-refractivity contribution in [3.05, 3.63) is 76.3 Å². The molecule has 0 saturated heterocycles. The predicted octanol–water partition coefficient (Wildman–Crippen LogP) is 3.70. The Kier molecular flexibility index (Phi) is 5.36. The Bertz CT molecular complexity index is 956. The second kappa shape index (κ2) is 8.05. The summed E-state index contributed by atoms with van der Waals surface area (Å²) in [6.45, 7) is 2.38. The molecule has 0 atom stereocenters. The maximum Gasteiger partial charge on any atom is 0.282 e. The van der Waals surface area contributed by atoms with Gasteiger partial charge in [0.25, 0.3) is 11.6 Å². The lowest BCUT2D eigenvalue weighted by atomic mass is 10.1. The molecule has 0 saturated carbocycles. The number of anilines is 1. The monoisotopic (exact) mass is 364 g/mol. The lowest BCUT2D eigenvalue weighted by Crippen LogP contribution is -2.13. The average Bonchev–Trinajstić information content (AvgIpc) is 2.69. The van der Waals surface area contributed by atoms with E-state index >= 15 is 0 Å². The van der Waals surface area contributed by atoms with Crippen molar-refractivity contribution in [2.75, 3.05) is 11.9 Å². The fourth-order valence-corrected chi connectivity index (χ4v) is 2.45. The molecule has 27 heavy (non-hydrogen) atoms. The maximum absolute atomic E-state index is 12.3. The van der Waals surface area contributed by atoms with Crippen LogP contribution in [-0.4, -0.2) is 27.6 Å². The Balaban J connectivity index is 1.74. The van der Waals surface area contributed by atoms with Crippen LogP contribution in [-0.2, 0) is 0 Å². The quantitative estimate of drug-likeness (QED) is 0.528. The molecule has 0 aliphatic carbocycles. The van der Waals surface area contributed by atoms with Gasteiger partial charge in [0, 0.05) is 23.4 Å². The summed E-state index contributed by atoms with van der Waals surface area (Å²) < 4.78 is 5.26. The zero-order chi connectivity index (χ0) is 19.2. The number of nitrogens with one attached hydrogen (secondary N) is 1. The lowest BCUT2D eigenvalue weighted by Gasteiger charge is -2.07. The summed E-state index contributed by atoms with van der Waals surface area (Å²) in [5.41, 5.74) is 1.75. The minimum atomic E-state index is -0.581. The van der Waals surface area contributed by atoms with Crippen molar-refractivity contribution in [3.8, 4) is 17.1 Å². The van der Waals surface area contributed by atoms with Crippen LogP contribution in [0.2, 0.25) is 0 Å². The number of amides is 1. The zero-order valence-electron chi connectivity index (χ0n) is 14.5. The first-order valence-corrected chi connectivity index (χ1v) is 8.20. The summed E-state index contributed by atoms with van der Waals surface area (Å²) in [6.07, 6.45) is 0. The second-order valence-corrected chi connectivity index (χ2v) is 5.50. The topological polar surface area (TPSA) is 107 Å². The van der Waals surface area contributed by atoms with E-state index in [1.54, 1.807) is 42.5 Å². The van der Waals surface area contributed by atoms with E-state index in [9.17, 15) is 14.9 Å². The van der Waals surface area contributed by atoms with Crippen LogP contribution in [0.3, 0.4) is 0 Å². The number of nitro groups is 1. The molecular formula is C19H16N4O4. The number of aromatic nitrogens is 2. The Morgan fingerprint density at radius 1 is 1.07 bits per heavy atom. The first kappa shape index (κ1) is 18.0. The molecule has 1 aromatic heterocycles. The fourth-order valence-electron chi connectivity index (χ4n) is 2.45. The lowest BCUT2D eigenvalue weighted by molar-refractivity contribution is -0.385. The highest BCUT2D eigenvalue weighted by atomic mass is 16.6. The molecule has 3 aromatic rings. The van der Waals surface area contributed by atoms with Crippen LogP contribution >= 0.6 is 0 Å². The molecule has 0 bridgehead atoms. The fraction of sp³-hybridized carbons (Fsp3) is 0.105. The van der Waals surface area contributed by atoms with Crippen LogP contribution in [0.15, 0.2) is 60.7 Å². The summed E-state index contributed by atoms with van der Waals surface area (Å²) in [6, 6.07) is 16.3. The van der Waals surface area contributed by atoms with Crippen LogP contribution in [0.25, 0.3) is 11.3 Å². The first-order valence-electron chi connectivity index (χ1n) is 8.20. The largest absolute Gasteiger partial charge is 0.477 e. The van der Waals surface area contributed by atoms with Crippen LogP contribution in [0.4, 0.5) is 11.4 Å². The highest BCUT2D eigenvalue weighted by molar-refractivity contribution is 6.07. The minimum absolute atomic E-state index is 0.00366. The van der Waals surface area contributed by atoms with E-state index in [0.29, 0.717) is 23.9 Å². The van der Waals surface area contributed by atoms with E-state index in [-0.39, 0.29) is 11.3 Å². The molecule has 0 aliphatic rings. The third kappa shape index (κ3) is 4.24. The third-order valence-corrected chi connectivity index (χ3v) is 3.72. The van der Waals surface area contributed by atoms with Gasteiger partial charge in [0.05, 0.1) is 17.2 Å².